The first kappa shape index (κ1) is 21.8. The normalized spacial score (nSPS) is 12.2. The Morgan fingerprint density at radius 3 is 2.58 bits per heavy atom. The minimum atomic E-state index is -4.67. The third-order valence-electron chi connectivity index (χ3n) is 4.33. The van der Waals surface area contributed by atoms with Crippen LogP contribution >= 0.6 is 0 Å². The third kappa shape index (κ3) is 5.01. The summed E-state index contributed by atoms with van der Waals surface area (Å²) in [4.78, 5) is 12.1. The molecule has 2 aromatic heterocycles. The minimum absolute atomic E-state index is 0.154. The largest absolute Gasteiger partial charge is 0.455 e. The molecule has 2 heterocycles. The zero-order valence-electron chi connectivity index (χ0n) is 16.8. The van der Waals surface area contributed by atoms with Crippen LogP contribution in [0.3, 0.4) is 0 Å². The lowest BCUT2D eigenvalue weighted by Crippen LogP contribution is -2.18. The Morgan fingerprint density at radius 2 is 1.97 bits per heavy atom. The van der Waals surface area contributed by atoms with Crippen LogP contribution in [-0.4, -0.2) is 22.3 Å². The Bertz CT molecular complexity index is 1180. The number of aromatic nitrogens is 2. The Labute approximate surface area is 175 Å². The molecule has 0 saturated carbocycles. The molecule has 0 aliphatic heterocycles. The SMILES string of the molecule is CC(C)(C)c1cc(C(=O)NN=Cc2ccc(-c3ccc(C#N)c(C(F)(F)F)c3)o2)n[nH]1. The van der Waals surface area contributed by atoms with Crippen LogP contribution in [0.1, 0.15) is 53.8 Å². The van der Waals surface area contributed by atoms with Crippen molar-refractivity contribution in [3.05, 3.63) is 64.7 Å². The molecular formula is C21H18F3N5O2. The molecule has 0 atom stereocenters. The van der Waals surface area contributed by atoms with E-state index in [0.717, 1.165) is 17.8 Å². The quantitative estimate of drug-likeness (QED) is 0.466. The van der Waals surface area contributed by atoms with Gasteiger partial charge in [-0.05, 0) is 36.4 Å². The maximum absolute atomic E-state index is 13.1. The van der Waals surface area contributed by atoms with Gasteiger partial charge in [0, 0.05) is 16.7 Å². The molecule has 0 bridgehead atoms. The fourth-order valence-corrected chi connectivity index (χ4v) is 2.64. The van der Waals surface area contributed by atoms with Crippen LogP contribution in [0.25, 0.3) is 11.3 Å². The van der Waals surface area contributed by atoms with E-state index in [1.165, 1.54) is 30.5 Å². The van der Waals surface area contributed by atoms with E-state index in [1.54, 1.807) is 6.07 Å². The summed E-state index contributed by atoms with van der Waals surface area (Å²) in [5.41, 5.74) is 1.71. The minimum Gasteiger partial charge on any atom is -0.455 e. The van der Waals surface area contributed by atoms with Gasteiger partial charge < -0.3 is 4.42 Å². The zero-order chi connectivity index (χ0) is 22.8. The fraction of sp³-hybridized carbons (Fsp3) is 0.238. The standard InChI is InChI=1S/C21H18F3N5O2/c1-20(2,3)18-9-16(27-28-18)19(30)29-26-11-14-6-7-17(31-14)12-4-5-13(10-25)15(8-12)21(22,23)24/h4-9,11H,1-3H3,(H,27,28)(H,29,30). The van der Waals surface area contributed by atoms with Crippen molar-refractivity contribution >= 4 is 12.1 Å². The predicted octanol–water partition coefficient (Wildman–Crippen LogP) is 4.62. The van der Waals surface area contributed by atoms with Crippen molar-refractivity contribution in [2.45, 2.75) is 32.4 Å². The van der Waals surface area contributed by atoms with Gasteiger partial charge in [0.2, 0.25) is 0 Å². The van der Waals surface area contributed by atoms with Gasteiger partial charge in [-0.1, -0.05) is 20.8 Å². The second kappa shape index (κ2) is 8.10. The Kier molecular flexibility index (Phi) is 5.71. The molecule has 0 unspecified atom stereocenters. The number of hydrazone groups is 1. The van der Waals surface area contributed by atoms with Crippen LogP contribution in [-0.2, 0) is 11.6 Å². The van der Waals surface area contributed by atoms with Gasteiger partial charge >= 0.3 is 6.18 Å². The average Bonchev–Trinajstić information content (AvgIpc) is 3.36. The molecule has 7 nitrogen and oxygen atoms in total. The first-order valence-corrected chi connectivity index (χ1v) is 9.10. The lowest BCUT2D eigenvalue weighted by atomic mass is 9.92. The van der Waals surface area contributed by atoms with E-state index in [-0.39, 0.29) is 28.2 Å². The molecule has 160 valence electrons. The summed E-state index contributed by atoms with van der Waals surface area (Å²) in [6, 6.07) is 9.41. The molecule has 0 aliphatic carbocycles. The predicted molar refractivity (Wildman–Crippen MR) is 106 cm³/mol. The van der Waals surface area contributed by atoms with Crippen molar-refractivity contribution in [2.24, 2.45) is 5.10 Å². The van der Waals surface area contributed by atoms with Crippen molar-refractivity contribution in [3.63, 3.8) is 0 Å². The highest BCUT2D eigenvalue weighted by atomic mass is 19.4. The van der Waals surface area contributed by atoms with Gasteiger partial charge in [0.1, 0.15) is 11.5 Å². The molecule has 0 fully saturated rings. The highest BCUT2D eigenvalue weighted by molar-refractivity contribution is 5.93. The maximum Gasteiger partial charge on any atom is 0.417 e. The zero-order valence-corrected chi connectivity index (χ0v) is 16.8. The van der Waals surface area contributed by atoms with Crippen LogP contribution in [0.2, 0.25) is 0 Å². The molecular weight excluding hydrogens is 411 g/mol. The highest BCUT2D eigenvalue weighted by Crippen LogP contribution is 2.35. The Balaban J connectivity index is 1.72. The molecule has 1 amide bonds. The molecule has 0 aliphatic rings. The van der Waals surface area contributed by atoms with E-state index in [9.17, 15) is 18.0 Å². The molecule has 3 rings (SSSR count). The van der Waals surface area contributed by atoms with Crippen LogP contribution in [0.15, 0.2) is 45.9 Å². The van der Waals surface area contributed by atoms with Crippen molar-refractivity contribution in [2.75, 3.05) is 0 Å². The summed E-state index contributed by atoms with van der Waals surface area (Å²) in [6.45, 7) is 5.92. The van der Waals surface area contributed by atoms with Crippen molar-refractivity contribution in [1.29, 1.82) is 5.26 Å². The monoisotopic (exact) mass is 429 g/mol. The molecule has 2 N–H and O–H groups in total. The summed E-state index contributed by atoms with van der Waals surface area (Å²) in [7, 11) is 0. The molecule has 3 aromatic rings. The summed E-state index contributed by atoms with van der Waals surface area (Å²) in [6.07, 6.45) is -3.45. The maximum atomic E-state index is 13.1. The van der Waals surface area contributed by atoms with Crippen LogP contribution < -0.4 is 5.43 Å². The fourth-order valence-electron chi connectivity index (χ4n) is 2.64. The molecule has 1 aromatic carbocycles. The van der Waals surface area contributed by atoms with Crippen LogP contribution in [0.4, 0.5) is 13.2 Å². The number of H-pyrrole nitrogens is 1. The summed E-state index contributed by atoms with van der Waals surface area (Å²) < 4.78 is 44.9. The van der Waals surface area contributed by atoms with Crippen LogP contribution in [0, 0.1) is 11.3 Å². The van der Waals surface area contributed by atoms with E-state index in [0.29, 0.717) is 0 Å². The molecule has 0 radical (unpaired) electrons. The third-order valence-corrected chi connectivity index (χ3v) is 4.33. The number of amides is 1. The van der Waals surface area contributed by atoms with Crippen LogP contribution in [0.5, 0.6) is 0 Å². The van der Waals surface area contributed by atoms with E-state index in [1.807, 2.05) is 20.8 Å². The van der Waals surface area contributed by atoms with Gasteiger partial charge in [0.15, 0.2) is 5.69 Å². The van der Waals surface area contributed by atoms with Gasteiger partial charge in [-0.2, -0.15) is 28.6 Å². The van der Waals surface area contributed by atoms with E-state index in [4.69, 9.17) is 9.68 Å². The number of nitriles is 1. The summed E-state index contributed by atoms with van der Waals surface area (Å²) >= 11 is 0. The smallest absolute Gasteiger partial charge is 0.417 e. The number of hydrogen-bond donors (Lipinski definition) is 2. The number of benzene rings is 1. The van der Waals surface area contributed by atoms with E-state index >= 15 is 0 Å². The Morgan fingerprint density at radius 1 is 1.23 bits per heavy atom. The lowest BCUT2D eigenvalue weighted by Gasteiger charge is -2.14. The van der Waals surface area contributed by atoms with E-state index in [2.05, 4.69) is 20.7 Å². The number of carbonyl (C=O) groups is 1. The first-order valence-electron chi connectivity index (χ1n) is 9.10. The molecule has 31 heavy (non-hydrogen) atoms. The number of rotatable bonds is 4. The number of halogens is 3. The lowest BCUT2D eigenvalue weighted by molar-refractivity contribution is -0.137. The summed E-state index contributed by atoms with van der Waals surface area (Å²) in [5.74, 6) is -0.160. The first-order chi connectivity index (χ1) is 14.5. The van der Waals surface area contributed by atoms with Gasteiger partial charge in [-0.3, -0.25) is 9.89 Å². The van der Waals surface area contributed by atoms with Gasteiger partial charge in [-0.25, -0.2) is 5.43 Å². The number of nitrogens with one attached hydrogen (secondary N) is 2. The number of aromatic amines is 1. The molecule has 0 spiro atoms. The van der Waals surface area contributed by atoms with Crippen molar-refractivity contribution < 1.29 is 22.4 Å². The highest BCUT2D eigenvalue weighted by Gasteiger charge is 2.34. The Hall–Kier alpha value is -3.87. The number of carbonyl (C=O) groups excluding carboxylic acids is 1. The van der Waals surface area contributed by atoms with Gasteiger partial charge in [-0.15, -0.1) is 0 Å². The van der Waals surface area contributed by atoms with Gasteiger partial charge in [0.25, 0.3) is 5.91 Å². The van der Waals surface area contributed by atoms with Crippen molar-refractivity contribution in [3.8, 4) is 17.4 Å². The molecule has 10 heteroatoms. The number of furan rings is 1. The average molecular weight is 429 g/mol. The number of nitrogens with zero attached hydrogens (tertiary/aromatic N) is 3. The second-order valence-electron chi connectivity index (χ2n) is 7.69. The molecule has 0 saturated heterocycles. The van der Waals surface area contributed by atoms with E-state index < -0.39 is 23.2 Å². The second-order valence-corrected chi connectivity index (χ2v) is 7.69. The summed E-state index contributed by atoms with van der Waals surface area (Å²) in [5, 5.41) is 19.4. The van der Waals surface area contributed by atoms with Crippen molar-refractivity contribution in [1.82, 2.24) is 15.6 Å². The number of hydrogen-bond acceptors (Lipinski definition) is 5. The van der Waals surface area contributed by atoms with Gasteiger partial charge in [0.05, 0.1) is 23.4 Å². The number of alkyl halides is 3. The topological polar surface area (TPSA) is 107 Å².